The second-order valence-electron chi connectivity index (χ2n) is 5.51. The van der Waals surface area contributed by atoms with Crippen LogP contribution in [0.25, 0.3) is 0 Å². The highest BCUT2D eigenvalue weighted by Gasteiger charge is 2.21. The number of amides is 1. The van der Waals surface area contributed by atoms with Gasteiger partial charge in [-0.3, -0.25) is 14.9 Å². The molecule has 0 spiro atoms. The second-order valence-corrected chi connectivity index (χ2v) is 5.51. The van der Waals surface area contributed by atoms with Crippen LogP contribution in [0.3, 0.4) is 0 Å². The number of aryl methyl sites for hydroxylation is 1. The number of para-hydroxylation sites is 1. The standard InChI is InChI=1S/C13H18N2O3/c1-9-6-5-7-10(12(9)15(17)18)14-11(16)8-13(2,3)4/h5-7H,8H2,1-4H3,(H,14,16). The Morgan fingerprint density at radius 1 is 1.39 bits per heavy atom. The summed E-state index contributed by atoms with van der Waals surface area (Å²) in [5.74, 6) is -0.212. The van der Waals surface area contributed by atoms with Gasteiger partial charge in [0, 0.05) is 12.0 Å². The lowest BCUT2D eigenvalue weighted by Gasteiger charge is -2.17. The molecule has 0 fully saturated rings. The zero-order chi connectivity index (χ0) is 13.9. The van der Waals surface area contributed by atoms with E-state index in [0.29, 0.717) is 12.0 Å². The van der Waals surface area contributed by atoms with Gasteiger partial charge in [-0.05, 0) is 18.4 Å². The molecule has 0 heterocycles. The van der Waals surface area contributed by atoms with Crippen molar-refractivity contribution in [3.8, 4) is 0 Å². The first kappa shape index (κ1) is 14.2. The van der Waals surface area contributed by atoms with Crippen molar-refractivity contribution in [2.45, 2.75) is 34.1 Å². The SMILES string of the molecule is Cc1cccc(NC(=O)CC(C)(C)C)c1[N+](=O)[O-]. The van der Waals surface area contributed by atoms with Gasteiger partial charge < -0.3 is 5.32 Å². The number of rotatable bonds is 3. The molecule has 0 aliphatic heterocycles. The van der Waals surface area contributed by atoms with E-state index in [1.54, 1.807) is 25.1 Å². The van der Waals surface area contributed by atoms with Crippen molar-refractivity contribution in [2.75, 3.05) is 5.32 Å². The highest BCUT2D eigenvalue weighted by Crippen LogP contribution is 2.28. The first-order valence-corrected chi connectivity index (χ1v) is 5.74. The van der Waals surface area contributed by atoms with E-state index in [9.17, 15) is 14.9 Å². The van der Waals surface area contributed by atoms with Crippen LogP contribution in [0.4, 0.5) is 11.4 Å². The molecule has 0 aliphatic carbocycles. The Hall–Kier alpha value is -1.91. The third-order valence-corrected chi connectivity index (χ3v) is 2.39. The third-order valence-electron chi connectivity index (χ3n) is 2.39. The molecule has 0 bridgehead atoms. The van der Waals surface area contributed by atoms with Crippen LogP contribution in [0.2, 0.25) is 0 Å². The molecule has 0 aliphatic rings. The maximum Gasteiger partial charge on any atom is 0.295 e. The minimum Gasteiger partial charge on any atom is -0.320 e. The van der Waals surface area contributed by atoms with Crippen molar-refractivity contribution < 1.29 is 9.72 Å². The van der Waals surface area contributed by atoms with Crippen molar-refractivity contribution in [3.63, 3.8) is 0 Å². The van der Waals surface area contributed by atoms with E-state index in [0.717, 1.165) is 0 Å². The highest BCUT2D eigenvalue weighted by molar-refractivity contribution is 5.93. The van der Waals surface area contributed by atoms with E-state index < -0.39 is 4.92 Å². The van der Waals surface area contributed by atoms with Gasteiger partial charge in [0.15, 0.2) is 0 Å². The van der Waals surface area contributed by atoms with Crippen LogP contribution in [0.15, 0.2) is 18.2 Å². The van der Waals surface area contributed by atoms with Gasteiger partial charge in [-0.25, -0.2) is 0 Å². The van der Waals surface area contributed by atoms with Gasteiger partial charge in [0.2, 0.25) is 5.91 Å². The van der Waals surface area contributed by atoms with Crippen molar-refractivity contribution in [3.05, 3.63) is 33.9 Å². The van der Waals surface area contributed by atoms with Crippen LogP contribution in [-0.4, -0.2) is 10.8 Å². The summed E-state index contributed by atoms with van der Waals surface area (Å²) < 4.78 is 0. The number of nitro benzene ring substituents is 1. The lowest BCUT2D eigenvalue weighted by Crippen LogP contribution is -2.20. The smallest absolute Gasteiger partial charge is 0.295 e. The number of nitrogens with zero attached hydrogens (tertiary/aromatic N) is 1. The first-order chi connectivity index (χ1) is 8.20. The van der Waals surface area contributed by atoms with E-state index >= 15 is 0 Å². The van der Waals surface area contributed by atoms with Gasteiger partial charge in [0.25, 0.3) is 5.69 Å². The molecule has 0 atom stereocenters. The van der Waals surface area contributed by atoms with Gasteiger partial charge in [-0.15, -0.1) is 0 Å². The number of carbonyl (C=O) groups is 1. The number of hydrogen-bond donors (Lipinski definition) is 1. The fraction of sp³-hybridized carbons (Fsp3) is 0.462. The zero-order valence-corrected chi connectivity index (χ0v) is 11.1. The lowest BCUT2D eigenvalue weighted by molar-refractivity contribution is -0.384. The molecule has 98 valence electrons. The topological polar surface area (TPSA) is 72.2 Å². The monoisotopic (exact) mass is 250 g/mol. The Kier molecular flexibility index (Phi) is 4.06. The molecule has 1 N–H and O–H groups in total. The molecule has 1 aromatic rings. The van der Waals surface area contributed by atoms with E-state index in [1.165, 1.54) is 0 Å². The van der Waals surface area contributed by atoms with Gasteiger partial charge in [0.05, 0.1) is 4.92 Å². The highest BCUT2D eigenvalue weighted by atomic mass is 16.6. The van der Waals surface area contributed by atoms with Crippen LogP contribution >= 0.6 is 0 Å². The van der Waals surface area contributed by atoms with Gasteiger partial charge in [-0.2, -0.15) is 0 Å². The number of benzene rings is 1. The predicted octanol–water partition coefficient (Wildman–Crippen LogP) is 3.28. The molecule has 0 unspecified atom stereocenters. The summed E-state index contributed by atoms with van der Waals surface area (Å²) in [7, 11) is 0. The summed E-state index contributed by atoms with van der Waals surface area (Å²) in [5, 5.41) is 13.6. The van der Waals surface area contributed by atoms with E-state index in [2.05, 4.69) is 5.32 Å². The van der Waals surface area contributed by atoms with Crippen molar-refractivity contribution in [1.82, 2.24) is 0 Å². The molecule has 0 saturated heterocycles. The van der Waals surface area contributed by atoms with E-state index in [4.69, 9.17) is 0 Å². The van der Waals surface area contributed by atoms with Gasteiger partial charge in [-0.1, -0.05) is 32.9 Å². The molecule has 5 nitrogen and oxygen atoms in total. The minimum absolute atomic E-state index is 0.0419. The number of nitro groups is 1. The zero-order valence-electron chi connectivity index (χ0n) is 11.1. The number of nitrogens with one attached hydrogen (secondary N) is 1. The summed E-state index contributed by atoms with van der Waals surface area (Å²) >= 11 is 0. The molecule has 0 radical (unpaired) electrons. The van der Waals surface area contributed by atoms with Crippen molar-refractivity contribution >= 4 is 17.3 Å². The number of hydrogen-bond acceptors (Lipinski definition) is 3. The Bertz CT molecular complexity index is 476. The molecule has 0 aromatic heterocycles. The average Bonchev–Trinajstić information content (AvgIpc) is 2.13. The normalized spacial score (nSPS) is 11.1. The molecule has 1 rings (SSSR count). The molecule has 18 heavy (non-hydrogen) atoms. The Morgan fingerprint density at radius 2 is 2.00 bits per heavy atom. The summed E-state index contributed by atoms with van der Waals surface area (Å²) in [5.41, 5.74) is 0.602. The maximum absolute atomic E-state index is 11.8. The maximum atomic E-state index is 11.8. The first-order valence-electron chi connectivity index (χ1n) is 5.74. The number of carbonyl (C=O) groups excluding carboxylic acids is 1. The molecular weight excluding hydrogens is 232 g/mol. The average molecular weight is 250 g/mol. The van der Waals surface area contributed by atoms with Crippen LogP contribution < -0.4 is 5.32 Å². The quantitative estimate of drug-likeness (QED) is 0.661. The molecular formula is C13H18N2O3. The fourth-order valence-corrected chi connectivity index (χ4v) is 1.68. The summed E-state index contributed by atoms with van der Waals surface area (Å²) in [6.45, 7) is 7.48. The Morgan fingerprint density at radius 3 is 2.50 bits per heavy atom. The summed E-state index contributed by atoms with van der Waals surface area (Å²) in [6.07, 6.45) is 0.318. The van der Waals surface area contributed by atoms with Gasteiger partial charge >= 0.3 is 0 Å². The molecule has 5 heteroatoms. The van der Waals surface area contributed by atoms with Crippen molar-refractivity contribution in [1.29, 1.82) is 0 Å². The third kappa shape index (κ3) is 3.84. The van der Waals surface area contributed by atoms with Gasteiger partial charge in [0.1, 0.15) is 5.69 Å². The minimum atomic E-state index is -0.470. The van der Waals surface area contributed by atoms with E-state index in [1.807, 2.05) is 20.8 Å². The summed E-state index contributed by atoms with van der Waals surface area (Å²) in [6, 6.07) is 4.89. The molecule has 1 amide bonds. The molecule has 1 aromatic carbocycles. The largest absolute Gasteiger partial charge is 0.320 e. The van der Waals surface area contributed by atoms with Crippen LogP contribution in [0.5, 0.6) is 0 Å². The Labute approximate surface area is 106 Å². The van der Waals surface area contributed by atoms with Crippen molar-refractivity contribution in [2.24, 2.45) is 5.41 Å². The Balaban J connectivity index is 2.95. The fourth-order valence-electron chi connectivity index (χ4n) is 1.68. The van der Waals surface area contributed by atoms with Crippen LogP contribution in [-0.2, 0) is 4.79 Å². The van der Waals surface area contributed by atoms with E-state index in [-0.39, 0.29) is 22.7 Å². The van der Waals surface area contributed by atoms with Crippen LogP contribution in [0, 0.1) is 22.5 Å². The predicted molar refractivity (Wildman–Crippen MR) is 70.5 cm³/mol. The summed E-state index contributed by atoms with van der Waals surface area (Å²) in [4.78, 5) is 22.3. The second kappa shape index (κ2) is 5.16. The van der Waals surface area contributed by atoms with Crippen LogP contribution in [0.1, 0.15) is 32.8 Å². The lowest BCUT2D eigenvalue weighted by atomic mass is 9.92. The number of anilines is 1. The molecule has 0 saturated carbocycles.